The molecule has 0 amide bonds. The monoisotopic (exact) mass is 348 g/mol. The van der Waals surface area contributed by atoms with Gasteiger partial charge in [-0.25, -0.2) is 0 Å². The fourth-order valence-corrected chi connectivity index (χ4v) is 5.38. The minimum absolute atomic E-state index is 0.513. The van der Waals surface area contributed by atoms with Crippen LogP contribution in [0.5, 0.6) is 0 Å². The van der Waals surface area contributed by atoms with Crippen LogP contribution < -0.4 is 0 Å². The Morgan fingerprint density at radius 1 is 0.808 bits per heavy atom. The van der Waals surface area contributed by atoms with Gasteiger partial charge in [0.2, 0.25) is 0 Å². The van der Waals surface area contributed by atoms with Crippen LogP contribution in [-0.2, 0) is 12.8 Å². The Labute approximate surface area is 158 Å². The largest absolute Gasteiger partial charge is 0.299 e. The molecule has 2 aromatic carbocycles. The number of hydrogen-bond acceptors (Lipinski definition) is 2. The molecule has 0 fully saturated rings. The van der Waals surface area contributed by atoms with Crippen molar-refractivity contribution in [2.45, 2.75) is 44.7 Å². The molecule has 4 rings (SSSR count). The number of benzene rings is 2. The van der Waals surface area contributed by atoms with Crippen LogP contribution >= 0.6 is 0 Å². The van der Waals surface area contributed by atoms with Crippen molar-refractivity contribution in [3.05, 3.63) is 70.8 Å². The van der Waals surface area contributed by atoms with Crippen molar-refractivity contribution < 1.29 is 0 Å². The molecule has 0 bridgehead atoms. The highest BCUT2D eigenvalue weighted by atomic mass is 15.2. The minimum Gasteiger partial charge on any atom is -0.299 e. The quantitative estimate of drug-likeness (QED) is 0.778. The summed E-state index contributed by atoms with van der Waals surface area (Å²) in [6, 6.07) is 19.3. The Balaban J connectivity index is 1.79. The van der Waals surface area contributed by atoms with E-state index in [9.17, 15) is 0 Å². The number of likely N-dealkylation sites (N-methyl/N-ethyl adjacent to an activating group) is 2. The second kappa shape index (κ2) is 7.54. The van der Waals surface area contributed by atoms with Crippen LogP contribution in [0, 0.1) is 5.92 Å². The van der Waals surface area contributed by atoms with E-state index in [0.29, 0.717) is 18.0 Å². The average Bonchev–Trinajstić information content (AvgIpc) is 2.67. The van der Waals surface area contributed by atoms with Gasteiger partial charge in [0.15, 0.2) is 0 Å². The van der Waals surface area contributed by atoms with Gasteiger partial charge in [0.05, 0.1) is 0 Å². The SMILES string of the molecule is CCCC(C1c2ccccc2CCN1C)C1c2ccccc2CCN1C. The minimum atomic E-state index is 0.513. The van der Waals surface area contributed by atoms with Gasteiger partial charge in [0.1, 0.15) is 0 Å². The molecule has 2 aromatic rings. The molecule has 0 saturated carbocycles. The highest BCUT2D eigenvalue weighted by Crippen LogP contribution is 2.46. The lowest BCUT2D eigenvalue weighted by Crippen LogP contribution is -2.44. The van der Waals surface area contributed by atoms with Crippen molar-refractivity contribution in [2.75, 3.05) is 27.2 Å². The summed E-state index contributed by atoms with van der Waals surface area (Å²) in [7, 11) is 4.66. The first-order valence-electron chi connectivity index (χ1n) is 10.3. The summed E-state index contributed by atoms with van der Waals surface area (Å²) in [6.07, 6.45) is 4.87. The number of hydrogen-bond donors (Lipinski definition) is 0. The Kier molecular flexibility index (Phi) is 5.15. The molecule has 2 aliphatic heterocycles. The lowest BCUT2D eigenvalue weighted by molar-refractivity contribution is 0.0693. The molecule has 0 saturated heterocycles. The van der Waals surface area contributed by atoms with Crippen molar-refractivity contribution in [2.24, 2.45) is 5.92 Å². The summed E-state index contributed by atoms with van der Waals surface area (Å²) >= 11 is 0. The first-order chi connectivity index (χ1) is 12.7. The highest BCUT2D eigenvalue weighted by Gasteiger charge is 2.39. The van der Waals surface area contributed by atoms with Gasteiger partial charge in [-0.05, 0) is 61.5 Å². The zero-order valence-electron chi connectivity index (χ0n) is 16.5. The highest BCUT2D eigenvalue weighted by molar-refractivity contribution is 5.37. The smallest absolute Gasteiger partial charge is 0.0394 e. The van der Waals surface area contributed by atoms with Crippen LogP contribution in [0.2, 0.25) is 0 Å². The second-order valence-corrected chi connectivity index (χ2v) is 8.20. The molecule has 0 aromatic heterocycles. The third-order valence-corrected chi connectivity index (χ3v) is 6.60. The maximum atomic E-state index is 2.62. The fourth-order valence-electron chi connectivity index (χ4n) is 5.38. The van der Waals surface area contributed by atoms with Gasteiger partial charge in [-0.1, -0.05) is 61.9 Å². The van der Waals surface area contributed by atoms with Crippen molar-refractivity contribution in [1.82, 2.24) is 9.80 Å². The number of nitrogens with zero attached hydrogens (tertiary/aromatic N) is 2. The Morgan fingerprint density at radius 3 is 1.73 bits per heavy atom. The summed E-state index contributed by atoms with van der Waals surface area (Å²) in [4.78, 5) is 5.24. The molecule has 0 N–H and O–H groups in total. The predicted molar refractivity (Wildman–Crippen MR) is 109 cm³/mol. The van der Waals surface area contributed by atoms with E-state index in [1.165, 1.54) is 38.8 Å². The fraction of sp³-hybridized carbons (Fsp3) is 0.500. The van der Waals surface area contributed by atoms with E-state index >= 15 is 0 Å². The zero-order valence-corrected chi connectivity index (χ0v) is 16.5. The van der Waals surface area contributed by atoms with E-state index in [0.717, 1.165) is 0 Å². The summed E-state index contributed by atoms with van der Waals surface area (Å²) in [6.45, 7) is 4.68. The van der Waals surface area contributed by atoms with E-state index in [2.05, 4.69) is 79.3 Å². The molecule has 2 atom stereocenters. The summed E-state index contributed by atoms with van der Waals surface area (Å²) in [5.74, 6) is 0.623. The Hall–Kier alpha value is -1.64. The molecule has 0 radical (unpaired) electrons. The van der Waals surface area contributed by atoms with E-state index in [-0.39, 0.29) is 0 Å². The third-order valence-electron chi connectivity index (χ3n) is 6.60. The van der Waals surface area contributed by atoms with Crippen LogP contribution in [0.4, 0.5) is 0 Å². The summed E-state index contributed by atoms with van der Waals surface area (Å²) in [5, 5.41) is 0. The Morgan fingerprint density at radius 2 is 1.27 bits per heavy atom. The van der Waals surface area contributed by atoms with Crippen molar-refractivity contribution in [3.63, 3.8) is 0 Å². The Bertz CT molecular complexity index is 692. The molecular weight excluding hydrogens is 316 g/mol. The van der Waals surface area contributed by atoms with E-state index in [1.54, 1.807) is 22.3 Å². The van der Waals surface area contributed by atoms with E-state index in [1.807, 2.05) is 0 Å². The van der Waals surface area contributed by atoms with Gasteiger partial charge in [-0.2, -0.15) is 0 Å². The lowest BCUT2D eigenvalue weighted by atomic mass is 9.74. The molecule has 0 spiro atoms. The first-order valence-corrected chi connectivity index (χ1v) is 10.3. The van der Waals surface area contributed by atoms with Crippen LogP contribution in [-0.4, -0.2) is 37.0 Å². The molecule has 2 unspecified atom stereocenters. The molecular formula is C24H32N2. The normalized spacial score (nSPS) is 24.7. The number of rotatable bonds is 4. The molecule has 2 nitrogen and oxygen atoms in total. The van der Waals surface area contributed by atoms with Crippen LogP contribution in [0.25, 0.3) is 0 Å². The van der Waals surface area contributed by atoms with Gasteiger partial charge < -0.3 is 0 Å². The maximum Gasteiger partial charge on any atom is 0.0394 e. The standard InChI is InChI=1S/C24H32N2/c1-4-9-22(23-20-12-7-5-10-18(20)14-16-25(23)2)24-21-13-8-6-11-19(21)15-17-26(24)3/h5-8,10-13,22-24H,4,9,14-17H2,1-3H3. The average molecular weight is 349 g/mol. The predicted octanol–water partition coefficient (Wildman–Crippen LogP) is 4.86. The molecule has 2 aliphatic rings. The summed E-state index contributed by atoms with van der Waals surface area (Å²) in [5.41, 5.74) is 6.25. The molecule has 138 valence electrons. The van der Waals surface area contributed by atoms with Crippen LogP contribution in [0.1, 0.15) is 54.1 Å². The first kappa shape index (κ1) is 17.8. The van der Waals surface area contributed by atoms with E-state index < -0.39 is 0 Å². The molecule has 2 heterocycles. The van der Waals surface area contributed by atoms with Crippen molar-refractivity contribution in [3.8, 4) is 0 Å². The van der Waals surface area contributed by atoms with Crippen LogP contribution in [0.15, 0.2) is 48.5 Å². The second-order valence-electron chi connectivity index (χ2n) is 8.20. The van der Waals surface area contributed by atoms with Crippen molar-refractivity contribution in [1.29, 1.82) is 0 Å². The van der Waals surface area contributed by atoms with Crippen molar-refractivity contribution >= 4 is 0 Å². The van der Waals surface area contributed by atoms with Gasteiger partial charge in [0.25, 0.3) is 0 Å². The zero-order chi connectivity index (χ0) is 18.1. The van der Waals surface area contributed by atoms with Gasteiger partial charge in [-0.15, -0.1) is 0 Å². The van der Waals surface area contributed by atoms with E-state index in [4.69, 9.17) is 0 Å². The van der Waals surface area contributed by atoms with Gasteiger partial charge in [0, 0.05) is 25.2 Å². The molecule has 0 aliphatic carbocycles. The maximum absolute atomic E-state index is 2.62. The lowest BCUT2D eigenvalue weighted by Gasteiger charge is -2.47. The third kappa shape index (κ3) is 3.10. The van der Waals surface area contributed by atoms with Gasteiger partial charge in [-0.3, -0.25) is 9.80 Å². The summed E-state index contributed by atoms with van der Waals surface area (Å²) < 4.78 is 0. The molecule has 26 heavy (non-hydrogen) atoms. The van der Waals surface area contributed by atoms with Gasteiger partial charge >= 0.3 is 0 Å². The molecule has 2 heteroatoms. The van der Waals surface area contributed by atoms with Crippen LogP contribution in [0.3, 0.4) is 0 Å². The topological polar surface area (TPSA) is 6.48 Å². The number of fused-ring (bicyclic) bond motifs is 2.